The number of halogens is 2. The standard InChI is InChI=1S/C21H16Cl2N4O3/c1-29-16-8-7-13(21(28)27-19-14(22)9-24-10-15(19)23)18-20(16)26-17(25-18)11-30-12-5-3-2-4-6-12/h2-10H,11H2,1H3,(H,25,26)(H,24,27,28). The summed E-state index contributed by atoms with van der Waals surface area (Å²) in [6.45, 7) is 0.199. The van der Waals surface area contributed by atoms with Crippen LogP contribution in [0, 0.1) is 0 Å². The molecule has 0 unspecified atom stereocenters. The van der Waals surface area contributed by atoms with Crippen molar-refractivity contribution in [3.8, 4) is 11.5 Å². The Labute approximate surface area is 182 Å². The van der Waals surface area contributed by atoms with Gasteiger partial charge in [-0.05, 0) is 24.3 Å². The van der Waals surface area contributed by atoms with Gasteiger partial charge in [-0.1, -0.05) is 41.4 Å². The minimum Gasteiger partial charge on any atom is -0.494 e. The lowest BCUT2D eigenvalue weighted by molar-refractivity contribution is 0.102. The third-order valence-electron chi connectivity index (χ3n) is 4.33. The Balaban J connectivity index is 1.66. The van der Waals surface area contributed by atoms with E-state index in [1.165, 1.54) is 12.4 Å². The van der Waals surface area contributed by atoms with Crippen molar-refractivity contribution in [2.24, 2.45) is 0 Å². The van der Waals surface area contributed by atoms with Crippen LogP contribution in [0.1, 0.15) is 16.2 Å². The maximum atomic E-state index is 12.9. The Kier molecular flexibility index (Phi) is 5.74. The lowest BCUT2D eigenvalue weighted by Gasteiger charge is -2.10. The fourth-order valence-corrected chi connectivity index (χ4v) is 3.38. The first-order valence-electron chi connectivity index (χ1n) is 8.90. The van der Waals surface area contributed by atoms with Gasteiger partial charge in [-0.25, -0.2) is 4.98 Å². The molecule has 0 fully saturated rings. The Morgan fingerprint density at radius 2 is 1.83 bits per heavy atom. The number of hydrogen-bond donors (Lipinski definition) is 2. The zero-order valence-electron chi connectivity index (χ0n) is 15.8. The molecule has 0 saturated heterocycles. The van der Waals surface area contributed by atoms with Gasteiger partial charge in [0.05, 0.1) is 28.4 Å². The van der Waals surface area contributed by atoms with E-state index < -0.39 is 5.91 Å². The Morgan fingerprint density at radius 3 is 2.53 bits per heavy atom. The van der Waals surface area contributed by atoms with Crippen LogP contribution in [-0.2, 0) is 6.61 Å². The third kappa shape index (κ3) is 4.03. The molecule has 0 aliphatic carbocycles. The maximum absolute atomic E-state index is 12.9. The molecule has 0 aliphatic heterocycles. The van der Waals surface area contributed by atoms with Crippen LogP contribution in [0.2, 0.25) is 10.0 Å². The highest BCUT2D eigenvalue weighted by Crippen LogP contribution is 2.31. The van der Waals surface area contributed by atoms with Gasteiger partial charge < -0.3 is 19.8 Å². The van der Waals surface area contributed by atoms with E-state index in [0.717, 1.165) is 0 Å². The predicted octanol–water partition coefficient (Wildman–Crippen LogP) is 5.10. The Bertz CT molecular complexity index is 1190. The van der Waals surface area contributed by atoms with Crippen molar-refractivity contribution in [1.29, 1.82) is 0 Å². The quantitative estimate of drug-likeness (QED) is 0.433. The molecule has 1 amide bonds. The first-order chi connectivity index (χ1) is 14.6. The lowest BCUT2D eigenvalue weighted by Crippen LogP contribution is -2.13. The van der Waals surface area contributed by atoms with Gasteiger partial charge in [0.25, 0.3) is 5.91 Å². The van der Waals surface area contributed by atoms with Gasteiger partial charge in [0.15, 0.2) is 0 Å². The third-order valence-corrected chi connectivity index (χ3v) is 4.90. The first-order valence-corrected chi connectivity index (χ1v) is 9.66. The summed E-state index contributed by atoms with van der Waals surface area (Å²) >= 11 is 12.2. The molecule has 2 aromatic carbocycles. The van der Waals surface area contributed by atoms with Gasteiger partial charge in [0, 0.05) is 12.4 Å². The first kappa shape index (κ1) is 20.0. The zero-order valence-corrected chi connectivity index (χ0v) is 17.3. The number of anilines is 1. The molecule has 30 heavy (non-hydrogen) atoms. The largest absolute Gasteiger partial charge is 0.494 e. The van der Waals surface area contributed by atoms with E-state index in [4.69, 9.17) is 32.7 Å². The van der Waals surface area contributed by atoms with Crippen molar-refractivity contribution in [1.82, 2.24) is 15.0 Å². The number of hydrogen-bond acceptors (Lipinski definition) is 5. The fourth-order valence-electron chi connectivity index (χ4n) is 2.92. The average Bonchev–Trinajstić information content (AvgIpc) is 3.19. The summed E-state index contributed by atoms with van der Waals surface area (Å²) in [5, 5.41) is 3.19. The number of imidazole rings is 1. The molecule has 152 valence electrons. The number of H-pyrrole nitrogens is 1. The molecule has 0 radical (unpaired) electrons. The van der Waals surface area contributed by atoms with Crippen molar-refractivity contribution in [3.05, 3.63) is 76.3 Å². The van der Waals surface area contributed by atoms with Gasteiger partial charge in [-0.15, -0.1) is 0 Å². The van der Waals surface area contributed by atoms with Gasteiger partial charge in [0.2, 0.25) is 0 Å². The van der Waals surface area contributed by atoms with E-state index in [9.17, 15) is 4.79 Å². The van der Waals surface area contributed by atoms with Gasteiger partial charge in [-0.3, -0.25) is 9.78 Å². The molecule has 0 aliphatic rings. The summed E-state index contributed by atoms with van der Waals surface area (Å²) in [6, 6.07) is 12.7. The number of methoxy groups -OCH3 is 1. The second-order valence-corrected chi connectivity index (χ2v) is 7.07. The van der Waals surface area contributed by atoms with Crippen LogP contribution in [0.5, 0.6) is 11.5 Å². The van der Waals surface area contributed by atoms with Crippen molar-refractivity contribution in [2.45, 2.75) is 6.61 Å². The highest BCUT2D eigenvalue weighted by molar-refractivity contribution is 6.39. The number of amides is 1. The van der Waals surface area contributed by atoms with E-state index in [1.807, 2.05) is 30.3 Å². The van der Waals surface area contributed by atoms with E-state index in [2.05, 4.69) is 20.3 Å². The minimum atomic E-state index is -0.417. The SMILES string of the molecule is COc1ccc(C(=O)Nc2c(Cl)cncc2Cl)c2nc(COc3ccccc3)[nH]c12. The number of aromatic amines is 1. The number of aromatic nitrogens is 3. The molecule has 2 heterocycles. The molecule has 4 aromatic rings. The molecule has 2 aromatic heterocycles. The number of pyridine rings is 1. The maximum Gasteiger partial charge on any atom is 0.258 e. The number of ether oxygens (including phenoxy) is 2. The summed E-state index contributed by atoms with van der Waals surface area (Å²) in [5.41, 5.74) is 1.64. The van der Waals surface area contributed by atoms with E-state index in [0.29, 0.717) is 33.9 Å². The van der Waals surface area contributed by atoms with Crippen LogP contribution in [0.25, 0.3) is 11.0 Å². The zero-order chi connectivity index (χ0) is 21.1. The molecule has 4 rings (SSSR count). The van der Waals surface area contributed by atoms with Crippen molar-refractivity contribution < 1.29 is 14.3 Å². The van der Waals surface area contributed by atoms with Crippen LogP contribution < -0.4 is 14.8 Å². The van der Waals surface area contributed by atoms with Crippen LogP contribution in [0.3, 0.4) is 0 Å². The number of para-hydroxylation sites is 1. The summed E-state index contributed by atoms with van der Waals surface area (Å²) in [5.74, 6) is 1.40. The fraction of sp³-hybridized carbons (Fsp3) is 0.0952. The number of rotatable bonds is 6. The smallest absolute Gasteiger partial charge is 0.258 e. The highest BCUT2D eigenvalue weighted by atomic mass is 35.5. The van der Waals surface area contributed by atoms with Crippen molar-refractivity contribution >= 4 is 45.8 Å². The average molecular weight is 443 g/mol. The molecular weight excluding hydrogens is 427 g/mol. The molecule has 9 heteroatoms. The van der Waals surface area contributed by atoms with Crippen LogP contribution in [0.15, 0.2) is 54.9 Å². The lowest BCUT2D eigenvalue weighted by atomic mass is 10.1. The summed E-state index contributed by atoms with van der Waals surface area (Å²) in [4.78, 5) is 24.5. The second-order valence-electron chi connectivity index (χ2n) is 6.26. The predicted molar refractivity (Wildman–Crippen MR) is 116 cm³/mol. The molecule has 0 saturated carbocycles. The molecule has 2 N–H and O–H groups in total. The summed E-state index contributed by atoms with van der Waals surface area (Å²) in [6.07, 6.45) is 2.81. The number of fused-ring (bicyclic) bond motifs is 1. The van der Waals surface area contributed by atoms with Gasteiger partial charge in [-0.2, -0.15) is 0 Å². The number of nitrogens with zero attached hydrogens (tertiary/aromatic N) is 2. The second kappa shape index (κ2) is 8.61. The number of nitrogens with one attached hydrogen (secondary N) is 2. The molecule has 0 spiro atoms. The summed E-state index contributed by atoms with van der Waals surface area (Å²) < 4.78 is 11.1. The normalized spacial score (nSPS) is 10.8. The van der Waals surface area contributed by atoms with E-state index in [-0.39, 0.29) is 22.3 Å². The number of carbonyl (C=O) groups excluding carboxylic acids is 1. The monoisotopic (exact) mass is 442 g/mol. The molecule has 0 atom stereocenters. The Hall–Kier alpha value is -3.29. The summed E-state index contributed by atoms with van der Waals surface area (Å²) in [7, 11) is 1.55. The van der Waals surface area contributed by atoms with Gasteiger partial charge >= 0.3 is 0 Å². The molecular formula is C21H16Cl2N4O3. The van der Waals surface area contributed by atoms with Crippen molar-refractivity contribution in [3.63, 3.8) is 0 Å². The van der Waals surface area contributed by atoms with Gasteiger partial charge in [0.1, 0.15) is 35.0 Å². The van der Waals surface area contributed by atoms with E-state index in [1.54, 1.807) is 19.2 Å². The number of carbonyl (C=O) groups is 1. The highest BCUT2D eigenvalue weighted by Gasteiger charge is 2.19. The van der Waals surface area contributed by atoms with Crippen LogP contribution >= 0.6 is 23.2 Å². The molecule has 0 bridgehead atoms. The van der Waals surface area contributed by atoms with E-state index >= 15 is 0 Å². The Morgan fingerprint density at radius 1 is 1.10 bits per heavy atom. The number of benzene rings is 2. The topological polar surface area (TPSA) is 89.1 Å². The molecule has 7 nitrogen and oxygen atoms in total. The minimum absolute atomic E-state index is 0.199. The van der Waals surface area contributed by atoms with Crippen LogP contribution in [0.4, 0.5) is 5.69 Å². The van der Waals surface area contributed by atoms with Crippen LogP contribution in [-0.4, -0.2) is 28.0 Å². The van der Waals surface area contributed by atoms with Crippen molar-refractivity contribution in [2.75, 3.05) is 12.4 Å².